The Morgan fingerprint density at radius 3 is 2.69 bits per heavy atom. The number of methoxy groups -OCH3 is 2. The molecule has 2 aliphatic rings. The standard InChI is InChI=1S/C31H42N6O5/c1-21-26(30(39)42-4)22(2)37(34-21)16-13-24-18-32-15-17-35(24)29(38)27-28(23-10-6-5-7-11-23)36(20-33-27)25-12-8-9-14-31(25,40)19-41-3/h5-7,10-11,20,24-25,32,40H,8-9,12-19H2,1-4H3/t24-,25-,31-/m1/s1. The molecule has 2 fully saturated rings. The van der Waals surface area contributed by atoms with Gasteiger partial charge in [0.2, 0.25) is 0 Å². The molecule has 0 radical (unpaired) electrons. The van der Waals surface area contributed by atoms with Crippen molar-refractivity contribution in [3.05, 3.63) is 59.3 Å². The molecule has 226 valence electrons. The largest absolute Gasteiger partial charge is 0.465 e. The average Bonchev–Trinajstić information content (AvgIpc) is 3.56. The predicted octanol–water partition coefficient (Wildman–Crippen LogP) is 3.15. The lowest BCUT2D eigenvalue weighted by Crippen LogP contribution is -2.54. The number of esters is 1. The van der Waals surface area contributed by atoms with Gasteiger partial charge in [0.15, 0.2) is 5.69 Å². The summed E-state index contributed by atoms with van der Waals surface area (Å²) in [4.78, 5) is 33.2. The number of carbonyl (C=O) groups is 2. The van der Waals surface area contributed by atoms with Crippen molar-refractivity contribution >= 4 is 11.9 Å². The summed E-state index contributed by atoms with van der Waals surface area (Å²) < 4.78 is 14.2. The van der Waals surface area contributed by atoms with E-state index in [9.17, 15) is 14.7 Å². The molecule has 11 nitrogen and oxygen atoms in total. The summed E-state index contributed by atoms with van der Waals surface area (Å²) in [6, 6.07) is 9.47. The number of piperazine rings is 1. The molecule has 1 amide bonds. The summed E-state index contributed by atoms with van der Waals surface area (Å²) in [6.45, 7) is 6.31. The lowest BCUT2D eigenvalue weighted by Gasteiger charge is -2.41. The Morgan fingerprint density at radius 2 is 1.95 bits per heavy atom. The van der Waals surface area contributed by atoms with Crippen LogP contribution < -0.4 is 5.32 Å². The van der Waals surface area contributed by atoms with Crippen molar-refractivity contribution in [1.29, 1.82) is 0 Å². The van der Waals surface area contributed by atoms with E-state index >= 15 is 0 Å². The summed E-state index contributed by atoms with van der Waals surface area (Å²) in [5.41, 5.74) is 2.82. The third-order valence-electron chi connectivity index (χ3n) is 8.79. The Hall–Kier alpha value is -3.54. The number of carbonyl (C=O) groups excluding carboxylic acids is 2. The normalized spacial score (nSPS) is 22.7. The van der Waals surface area contributed by atoms with Gasteiger partial charge < -0.3 is 29.4 Å². The number of benzene rings is 1. The molecule has 2 aromatic heterocycles. The van der Waals surface area contributed by atoms with Gasteiger partial charge in [-0.05, 0) is 33.1 Å². The number of hydrogen-bond donors (Lipinski definition) is 2. The highest BCUT2D eigenvalue weighted by Crippen LogP contribution is 2.41. The lowest BCUT2D eigenvalue weighted by molar-refractivity contribution is -0.0893. The van der Waals surface area contributed by atoms with Crippen molar-refractivity contribution < 1.29 is 24.2 Å². The topological polar surface area (TPSA) is 124 Å². The highest BCUT2D eigenvalue weighted by Gasteiger charge is 2.42. The molecule has 1 aromatic carbocycles. The van der Waals surface area contributed by atoms with Crippen molar-refractivity contribution in [1.82, 2.24) is 29.5 Å². The van der Waals surface area contributed by atoms with Crippen molar-refractivity contribution in [2.75, 3.05) is 40.5 Å². The Kier molecular flexibility index (Phi) is 9.10. The summed E-state index contributed by atoms with van der Waals surface area (Å²) in [5, 5.41) is 19.6. The number of hydrogen-bond acceptors (Lipinski definition) is 8. The molecule has 0 spiro atoms. The van der Waals surface area contributed by atoms with Crippen LogP contribution in [0, 0.1) is 13.8 Å². The maximum absolute atomic E-state index is 14.3. The van der Waals surface area contributed by atoms with Crippen LogP contribution in [0.25, 0.3) is 11.3 Å². The molecule has 42 heavy (non-hydrogen) atoms. The van der Waals surface area contributed by atoms with Crippen molar-refractivity contribution in [2.45, 2.75) is 70.2 Å². The maximum atomic E-state index is 14.3. The SMILES string of the molecule is COC[C@]1(O)CCCC[C@H]1n1cnc(C(=O)N2CCNC[C@H]2CCn2nc(C)c(C(=O)OC)c2C)c1-c1ccccc1. The van der Waals surface area contributed by atoms with Crippen LogP contribution in [0.2, 0.25) is 0 Å². The molecular formula is C31H42N6O5. The highest BCUT2D eigenvalue weighted by molar-refractivity contribution is 5.98. The smallest absolute Gasteiger partial charge is 0.341 e. The fourth-order valence-corrected chi connectivity index (χ4v) is 6.66. The molecular weight excluding hydrogens is 536 g/mol. The molecule has 3 aromatic rings. The lowest BCUT2D eigenvalue weighted by atomic mass is 9.80. The van der Waals surface area contributed by atoms with Gasteiger partial charge in [-0.1, -0.05) is 43.2 Å². The fourth-order valence-electron chi connectivity index (χ4n) is 6.66. The first-order valence-electron chi connectivity index (χ1n) is 14.8. The van der Waals surface area contributed by atoms with Crippen molar-refractivity contribution in [3.63, 3.8) is 0 Å². The zero-order valence-electron chi connectivity index (χ0n) is 25.0. The summed E-state index contributed by atoms with van der Waals surface area (Å²) in [7, 11) is 2.98. The van der Waals surface area contributed by atoms with Gasteiger partial charge in [0.25, 0.3) is 5.91 Å². The second kappa shape index (κ2) is 12.8. The van der Waals surface area contributed by atoms with Crippen LogP contribution in [0.3, 0.4) is 0 Å². The Morgan fingerprint density at radius 1 is 1.17 bits per heavy atom. The highest BCUT2D eigenvalue weighted by atomic mass is 16.5. The molecule has 11 heteroatoms. The van der Waals surface area contributed by atoms with E-state index in [1.165, 1.54) is 7.11 Å². The first-order valence-corrected chi connectivity index (χ1v) is 14.8. The van der Waals surface area contributed by atoms with Gasteiger partial charge in [0, 0.05) is 44.9 Å². The number of rotatable bonds is 9. The third-order valence-corrected chi connectivity index (χ3v) is 8.79. The number of aromatic nitrogens is 4. The number of aliphatic hydroxyl groups is 1. The van der Waals surface area contributed by atoms with Gasteiger partial charge in [-0.2, -0.15) is 5.10 Å². The van der Waals surface area contributed by atoms with Gasteiger partial charge in [0.1, 0.15) is 11.2 Å². The maximum Gasteiger partial charge on any atom is 0.341 e. The van der Waals surface area contributed by atoms with E-state index in [0.29, 0.717) is 56.0 Å². The van der Waals surface area contributed by atoms with E-state index in [4.69, 9.17) is 14.5 Å². The van der Waals surface area contributed by atoms with E-state index < -0.39 is 11.6 Å². The first kappa shape index (κ1) is 29.9. The van der Waals surface area contributed by atoms with Crippen LogP contribution >= 0.6 is 0 Å². The van der Waals surface area contributed by atoms with E-state index in [0.717, 1.165) is 36.2 Å². The first-order chi connectivity index (χ1) is 20.3. The number of nitrogens with zero attached hydrogens (tertiary/aromatic N) is 5. The molecule has 1 aliphatic heterocycles. The number of nitrogens with one attached hydrogen (secondary N) is 1. The Labute approximate surface area is 246 Å². The number of aryl methyl sites for hydroxylation is 2. The van der Waals surface area contributed by atoms with Gasteiger partial charge in [0.05, 0.1) is 43.2 Å². The number of imidazole rings is 1. The molecule has 3 heterocycles. The van der Waals surface area contributed by atoms with Gasteiger partial charge >= 0.3 is 5.97 Å². The van der Waals surface area contributed by atoms with E-state index in [1.807, 2.05) is 51.4 Å². The van der Waals surface area contributed by atoms with Crippen LogP contribution in [0.1, 0.15) is 70.4 Å². The van der Waals surface area contributed by atoms with Gasteiger partial charge in [-0.25, -0.2) is 9.78 Å². The predicted molar refractivity (Wildman–Crippen MR) is 157 cm³/mol. The zero-order chi connectivity index (χ0) is 29.9. The van der Waals surface area contributed by atoms with Crippen LogP contribution in [0.15, 0.2) is 36.7 Å². The molecule has 5 rings (SSSR count). The minimum Gasteiger partial charge on any atom is -0.465 e. The zero-order valence-corrected chi connectivity index (χ0v) is 25.0. The monoisotopic (exact) mass is 578 g/mol. The number of amides is 1. The van der Waals surface area contributed by atoms with Crippen molar-refractivity contribution in [3.8, 4) is 11.3 Å². The molecule has 0 bridgehead atoms. The summed E-state index contributed by atoms with van der Waals surface area (Å²) >= 11 is 0. The second-order valence-corrected chi connectivity index (χ2v) is 11.4. The van der Waals surface area contributed by atoms with Crippen LogP contribution in [0.4, 0.5) is 0 Å². The van der Waals surface area contributed by atoms with E-state index in [1.54, 1.807) is 20.4 Å². The van der Waals surface area contributed by atoms with Crippen LogP contribution in [-0.4, -0.2) is 93.3 Å². The molecule has 3 atom stereocenters. The van der Waals surface area contributed by atoms with E-state index in [-0.39, 0.29) is 24.6 Å². The minimum absolute atomic E-state index is 0.0920. The summed E-state index contributed by atoms with van der Waals surface area (Å²) in [5.74, 6) is -0.527. The van der Waals surface area contributed by atoms with Crippen LogP contribution in [-0.2, 0) is 16.0 Å². The second-order valence-electron chi connectivity index (χ2n) is 11.4. The molecule has 2 N–H and O–H groups in total. The van der Waals surface area contributed by atoms with Crippen molar-refractivity contribution in [2.24, 2.45) is 0 Å². The molecule has 0 unspecified atom stereocenters. The number of ether oxygens (including phenoxy) is 2. The fraction of sp³-hybridized carbons (Fsp3) is 0.548. The molecule has 1 aliphatic carbocycles. The van der Waals surface area contributed by atoms with Gasteiger partial charge in [-0.3, -0.25) is 9.48 Å². The molecule has 1 saturated heterocycles. The minimum atomic E-state index is -1.04. The average molecular weight is 579 g/mol. The quantitative estimate of drug-likeness (QED) is 0.371. The van der Waals surface area contributed by atoms with E-state index in [2.05, 4.69) is 10.4 Å². The summed E-state index contributed by atoms with van der Waals surface area (Å²) in [6.07, 6.45) is 5.68. The van der Waals surface area contributed by atoms with Crippen LogP contribution in [0.5, 0.6) is 0 Å². The Balaban J connectivity index is 1.45. The molecule has 1 saturated carbocycles. The third kappa shape index (κ3) is 5.73. The Bertz CT molecular complexity index is 1400. The van der Waals surface area contributed by atoms with Gasteiger partial charge in [-0.15, -0.1) is 0 Å².